The molecule has 4 aromatic rings. The number of benzene rings is 3. The number of ketones is 2. The van der Waals surface area contributed by atoms with E-state index in [1.54, 1.807) is 36.4 Å². The first-order valence-corrected chi connectivity index (χ1v) is 16.2. The van der Waals surface area contributed by atoms with Crippen molar-refractivity contribution < 1.29 is 33.6 Å². The number of nitro benzene ring substituents is 1. The Morgan fingerprint density at radius 2 is 1.55 bits per heavy atom. The van der Waals surface area contributed by atoms with Gasteiger partial charge in [-0.15, -0.1) is 0 Å². The summed E-state index contributed by atoms with van der Waals surface area (Å²) in [5.41, 5.74) is 0.914. The predicted octanol–water partition coefficient (Wildman–Crippen LogP) is 5.71. The van der Waals surface area contributed by atoms with E-state index in [2.05, 4.69) is 0 Å². The quantitative estimate of drug-likeness (QED) is 0.120. The number of carbonyl (C=O) groups is 4. The number of fused-ring (bicyclic) bond motifs is 4. The second-order valence-corrected chi connectivity index (χ2v) is 13.0. The number of allylic oxidation sites excluding steroid dienone is 4. The number of carbonyl (C=O) groups excluding carboxylic acids is 4. The minimum Gasteiger partial charge on any atom is -0.463 e. The molecule has 0 bridgehead atoms. The summed E-state index contributed by atoms with van der Waals surface area (Å²) < 4.78 is 6.20. The van der Waals surface area contributed by atoms with Crippen molar-refractivity contribution in [2.24, 2.45) is 23.7 Å². The van der Waals surface area contributed by atoms with Gasteiger partial charge in [-0.3, -0.25) is 34.2 Å². The molecule has 2 fully saturated rings. The summed E-state index contributed by atoms with van der Waals surface area (Å²) >= 11 is 0. The van der Waals surface area contributed by atoms with Crippen LogP contribution in [0, 0.1) is 33.8 Å². The molecule has 1 aliphatic heterocycles. The van der Waals surface area contributed by atoms with E-state index in [1.165, 1.54) is 30.3 Å². The average molecular weight is 655 g/mol. The molecular formula is C39H30N2O8. The van der Waals surface area contributed by atoms with Crippen molar-refractivity contribution in [2.75, 3.05) is 4.90 Å². The van der Waals surface area contributed by atoms with Gasteiger partial charge >= 0.3 is 0 Å². The van der Waals surface area contributed by atoms with Gasteiger partial charge in [-0.2, -0.15) is 0 Å². The van der Waals surface area contributed by atoms with Crippen LogP contribution >= 0.6 is 0 Å². The Morgan fingerprint density at radius 3 is 2.20 bits per heavy atom. The Balaban J connectivity index is 1.32. The Hall–Kier alpha value is -5.74. The summed E-state index contributed by atoms with van der Waals surface area (Å²) in [6, 6.07) is 26.8. The summed E-state index contributed by atoms with van der Waals surface area (Å²) in [6.45, 7) is -0.371. The molecule has 49 heavy (non-hydrogen) atoms. The standard InChI is InChI=1S/C39H30N2O8/c42-21-26-15-18-32(49-26)35-27-16-17-28-34(38(46)40(37(28)45)24-11-13-25(14-12-24)41(47)48)30(27)19-31-36(44)29(22-7-3-1-4-8-22)20-33(43)39(31,35)23-9-5-2-6-10-23/h1-16,18,20,28,30-31,34-35,42H,17,19,21H2/t28-,30+,31-,34-,35+,39-/m0/s1. The van der Waals surface area contributed by atoms with Crippen LogP contribution in [-0.2, 0) is 31.2 Å². The highest BCUT2D eigenvalue weighted by atomic mass is 16.6. The number of hydrogen-bond acceptors (Lipinski definition) is 8. The number of imide groups is 1. The monoisotopic (exact) mass is 654 g/mol. The molecule has 10 heteroatoms. The number of aliphatic hydroxyl groups is 1. The SMILES string of the molecule is O=C1C(c2ccccc2)=CC(=O)[C@@]2(c3ccccc3)[C@@H](c3ccc(CO)o3)C3=CC[C@@H]4C(=O)N(c5ccc([N+](=O)[O-])cc5)C(=O)[C@@H]4[C@@H]3C[C@@H]12. The first-order chi connectivity index (χ1) is 23.7. The van der Waals surface area contributed by atoms with Crippen LogP contribution in [0.2, 0.25) is 0 Å². The fraction of sp³-hybridized carbons (Fsp3) is 0.231. The van der Waals surface area contributed by atoms with E-state index in [-0.39, 0.29) is 53.7 Å². The highest BCUT2D eigenvalue weighted by Gasteiger charge is 2.66. The third-order valence-corrected chi connectivity index (χ3v) is 10.8. The summed E-state index contributed by atoms with van der Waals surface area (Å²) in [5.74, 6) is -4.58. The van der Waals surface area contributed by atoms with Gasteiger partial charge in [-0.25, -0.2) is 0 Å². The largest absolute Gasteiger partial charge is 0.463 e. The molecule has 6 atom stereocenters. The topological polar surface area (TPSA) is 148 Å². The second kappa shape index (κ2) is 11.5. The zero-order valence-electron chi connectivity index (χ0n) is 26.1. The first kappa shape index (κ1) is 30.6. The molecule has 1 aromatic heterocycles. The zero-order valence-corrected chi connectivity index (χ0v) is 26.1. The lowest BCUT2D eigenvalue weighted by Crippen LogP contribution is -2.58. The van der Waals surface area contributed by atoms with Gasteiger partial charge < -0.3 is 9.52 Å². The predicted molar refractivity (Wildman–Crippen MR) is 177 cm³/mol. The Kier molecular flexibility index (Phi) is 7.15. The van der Waals surface area contributed by atoms with Crippen molar-refractivity contribution in [3.05, 3.63) is 148 Å². The number of furan rings is 1. The summed E-state index contributed by atoms with van der Waals surface area (Å²) in [7, 11) is 0. The van der Waals surface area contributed by atoms with Crippen LogP contribution in [-0.4, -0.2) is 33.4 Å². The maximum absolute atomic E-state index is 14.9. The molecule has 3 aliphatic carbocycles. The van der Waals surface area contributed by atoms with Crippen LogP contribution in [0.1, 0.15) is 41.4 Å². The van der Waals surface area contributed by atoms with E-state index < -0.39 is 51.7 Å². The van der Waals surface area contributed by atoms with Crippen LogP contribution in [0.5, 0.6) is 0 Å². The van der Waals surface area contributed by atoms with E-state index in [9.17, 15) is 34.4 Å². The number of non-ortho nitro benzene ring substituents is 1. The van der Waals surface area contributed by atoms with Crippen molar-refractivity contribution in [1.82, 2.24) is 0 Å². The molecule has 10 nitrogen and oxygen atoms in total. The Bertz CT molecular complexity index is 2100. The van der Waals surface area contributed by atoms with Gasteiger partial charge in [-0.1, -0.05) is 72.3 Å². The van der Waals surface area contributed by atoms with Gasteiger partial charge in [0.2, 0.25) is 11.8 Å². The number of rotatable bonds is 6. The molecule has 1 saturated heterocycles. The van der Waals surface area contributed by atoms with E-state index in [1.807, 2.05) is 42.5 Å². The third-order valence-electron chi connectivity index (χ3n) is 10.8. The van der Waals surface area contributed by atoms with E-state index in [0.717, 1.165) is 10.5 Å². The van der Waals surface area contributed by atoms with Crippen LogP contribution in [0.3, 0.4) is 0 Å². The number of nitrogens with zero attached hydrogens (tertiary/aromatic N) is 2. The normalized spacial score (nSPS) is 27.6. The maximum Gasteiger partial charge on any atom is 0.269 e. The third kappa shape index (κ3) is 4.44. The van der Waals surface area contributed by atoms with Crippen LogP contribution in [0.15, 0.2) is 119 Å². The van der Waals surface area contributed by atoms with Crippen molar-refractivity contribution in [3.63, 3.8) is 0 Å². The van der Waals surface area contributed by atoms with Crippen LogP contribution < -0.4 is 4.90 Å². The van der Waals surface area contributed by atoms with Crippen LogP contribution in [0.4, 0.5) is 11.4 Å². The molecular weight excluding hydrogens is 624 g/mol. The van der Waals surface area contributed by atoms with Crippen molar-refractivity contribution in [3.8, 4) is 0 Å². The molecule has 2 heterocycles. The Morgan fingerprint density at radius 1 is 0.857 bits per heavy atom. The molecule has 1 saturated carbocycles. The lowest BCUT2D eigenvalue weighted by Gasteiger charge is -2.54. The fourth-order valence-electron chi connectivity index (χ4n) is 8.80. The summed E-state index contributed by atoms with van der Waals surface area (Å²) in [6.07, 6.45) is 3.72. The van der Waals surface area contributed by atoms with Gasteiger partial charge in [0.1, 0.15) is 18.1 Å². The minimum absolute atomic E-state index is 0.133. The number of hydrogen-bond donors (Lipinski definition) is 1. The number of aliphatic hydroxyl groups excluding tert-OH is 1. The molecule has 0 unspecified atom stereocenters. The zero-order chi connectivity index (χ0) is 34.0. The number of amides is 2. The molecule has 1 N–H and O–H groups in total. The second-order valence-electron chi connectivity index (χ2n) is 13.0. The van der Waals surface area contributed by atoms with Gasteiger partial charge in [0.15, 0.2) is 11.6 Å². The van der Waals surface area contributed by atoms with Crippen LogP contribution in [0.25, 0.3) is 5.57 Å². The molecule has 2 amide bonds. The van der Waals surface area contributed by atoms with E-state index >= 15 is 0 Å². The number of Topliss-reactive ketones (excluding diaryl/α,β-unsaturated/α-hetero) is 1. The lowest BCUT2D eigenvalue weighted by atomic mass is 9.45. The molecule has 4 aliphatic rings. The van der Waals surface area contributed by atoms with Crippen molar-refractivity contribution in [2.45, 2.75) is 30.8 Å². The van der Waals surface area contributed by atoms with Crippen molar-refractivity contribution >= 4 is 40.3 Å². The summed E-state index contributed by atoms with van der Waals surface area (Å²) in [5, 5.41) is 21.2. The van der Waals surface area contributed by atoms with E-state index in [4.69, 9.17) is 4.42 Å². The molecule has 3 aromatic carbocycles. The van der Waals surface area contributed by atoms with Gasteiger partial charge in [0.05, 0.1) is 33.8 Å². The van der Waals surface area contributed by atoms with Gasteiger partial charge in [0.25, 0.3) is 5.69 Å². The first-order valence-electron chi connectivity index (χ1n) is 16.2. The molecule has 0 spiro atoms. The molecule has 8 rings (SSSR count). The van der Waals surface area contributed by atoms with Gasteiger partial charge in [-0.05, 0) is 60.2 Å². The summed E-state index contributed by atoms with van der Waals surface area (Å²) in [4.78, 5) is 70.0. The fourth-order valence-corrected chi connectivity index (χ4v) is 8.80. The lowest BCUT2D eigenvalue weighted by molar-refractivity contribution is -0.384. The minimum atomic E-state index is -1.43. The number of anilines is 1. The highest BCUT2D eigenvalue weighted by Crippen LogP contribution is 2.63. The molecule has 244 valence electrons. The van der Waals surface area contributed by atoms with E-state index in [0.29, 0.717) is 16.9 Å². The van der Waals surface area contributed by atoms with Gasteiger partial charge in [0, 0.05) is 23.6 Å². The smallest absolute Gasteiger partial charge is 0.269 e. The van der Waals surface area contributed by atoms with Crippen molar-refractivity contribution in [1.29, 1.82) is 0 Å². The number of nitro groups is 1. The molecule has 0 radical (unpaired) electrons. The highest BCUT2D eigenvalue weighted by molar-refractivity contribution is 6.32. The average Bonchev–Trinajstić information content (AvgIpc) is 3.71. The Labute approximate surface area is 280 Å². The maximum atomic E-state index is 14.9.